The average Bonchev–Trinajstić information content (AvgIpc) is 2.99. The second kappa shape index (κ2) is 6.74. The summed E-state index contributed by atoms with van der Waals surface area (Å²) < 4.78 is 0. The van der Waals surface area contributed by atoms with Crippen molar-refractivity contribution in [1.29, 1.82) is 0 Å². The van der Waals surface area contributed by atoms with Gasteiger partial charge in [-0.15, -0.1) is 0 Å². The van der Waals surface area contributed by atoms with E-state index in [4.69, 9.17) is 5.11 Å². The molecule has 1 aliphatic heterocycles. The Labute approximate surface area is 140 Å². The van der Waals surface area contributed by atoms with Gasteiger partial charge in [-0.2, -0.15) is 0 Å². The molecular formula is C19H20N2O3. The lowest BCUT2D eigenvalue weighted by atomic mass is 10.1. The number of hydrogen-bond donors (Lipinski definition) is 2. The molecule has 0 saturated heterocycles. The van der Waals surface area contributed by atoms with Crippen LogP contribution in [-0.4, -0.2) is 23.5 Å². The summed E-state index contributed by atoms with van der Waals surface area (Å²) in [6, 6.07) is 16.0. The SMILES string of the molecule is CC(C(=O)O)C(=O)Nc1ccc(CN2CCc3ccccc32)cc1. The molecule has 1 amide bonds. The van der Waals surface area contributed by atoms with Gasteiger partial charge >= 0.3 is 5.97 Å². The van der Waals surface area contributed by atoms with E-state index >= 15 is 0 Å². The highest BCUT2D eigenvalue weighted by Gasteiger charge is 2.21. The number of fused-ring (bicyclic) bond motifs is 1. The first-order valence-electron chi connectivity index (χ1n) is 8.00. The zero-order valence-corrected chi connectivity index (χ0v) is 13.5. The van der Waals surface area contributed by atoms with Gasteiger partial charge in [-0.3, -0.25) is 9.59 Å². The van der Waals surface area contributed by atoms with Gasteiger partial charge in [-0.25, -0.2) is 0 Å². The van der Waals surface area contributed by atoms with Crippen LogP contribution >= 0.6 is 0 Å². The lowest BCUT2D eigenvalue weighted by Gasteiger charge is -2.19. The van der Waals surface area contributed by atoms with Crippen molar-refractivity contribution < 1.29 is 14.7 Å². The average molecular weight is 324 g/mol. The van der Waals surface area contributed by atoms with Crippen molar-refractivity contribution in [2.24, 2.45) is 5.92 Å². The fourth-order valence-electron chi connectivity index (χ4n) is 2.85. The molecule has 2 aromatic carbocycles. The molecule has 5 nitrogen and oxygen atoms in total. The normalized spacial score (nSPS) is 14.1. The number of nitrogens with zero attached hydrogens (tertiary/aromatic N) is 1. The molecule has 0 aromatic heterocycles. The molecule has 5 heteroatoms. The molecule has 0 bridgehead atoms. The predicted molar refractivity (Wildman–Crippen MR) is 93.1 cm³/mol. The first-order chi connectivity index (χ1) is 11.5. The van der Waals surface area contributed by atoms with Crippen LogP contribution in [0.4, 0.5) is 11.4 Å². The first kappa shape index (κ1) is 16.1. The standard InChI is InChI=1S/C19H20N2O3/c1-13(19(23)24)18(22)20-16-8-6-14(7-9-16)12-21-11-10-15-4-2-3-5-17(15)21/h2-9,13H,10-12H2,1H3,(H,20,22)(H,23,24). The molecule has 24 heavy (non-hydrogen) atoms. The molecule has 0 fully saturated rings. The molecule has 0 spiro atoms. The number of carbonyl (C=O) groups is 2. The van der Waals surface area contributed by atoms with Gasteiger partial charge in [-0.05, 0) is 42.7 Å². The second-order valence-corrected chi connectivity index (χ2v) is 6.05. The van der Waals surface area contributed by atoms with Crippen molar-refractivity contribution in [3.8, 4) is 0 Å². The van der Waals surface area contributed by atoms with Crippen LogP contribution in [0.25, 0.3) is 0 Å². The number of para-hydroxylation sites is 1. The number of carboxylic acids is 1. The van der Waals surface area contributed by atoms with Crippen LogP contribution in [0.2, 0.25) is 0 Å². The highest BCUT2D eigenvalue weighted by molar-refractivity contribution is 6.03. The Hall–Kier alpha value is -2.82. The molecule has 1 heterocycles. The van der Waals surface area contributed by atoms with Crippen LogP contribution in [0.15, 0.2) is 48.5 Å². The lowest BCUT2D eigenvalue weighted by Crippen LogP contribution is -2.26. The Morgan fingerprint density at radius 1 is 1.17 bits per heavy atom. The number of carbonyl (C=O) groups excluding carboxylic acids is 1. The molecule has 2 N–H and O–H groups in total. The van der Waals surface area contributed by atoms with Gasteiger partial charge in [0.25, 0.3) is 0 Å². The van der Waals surface area contributed by atoms with Crippen LogP contribution in [0.5, 0.6) is 0 Å². The van der Waals surface area contributed by atoms with E-state index in [0.29, 0.717) is 5.69 Å². The minimum Gasteiger partial charge on any atom is -0.481 e. The Bertz CT molecular complexity index is 755. The maximum Gasteiger partial charge on any atom is 0.315 e. The predicted octanol–water partition coefficient (Wildman–Crippen LogP) is 2.91. The molecule has 0 aliphatic carbocycles. The molecule has 2 aromatic rings. The van der Waals surface area contributed by atoms with Crippen molar-refractivity contribution >= 4 is 23.3 Å². The summed E-state index contributed by atoms with van der Waals surface area (Å²) >= 11 is 0. The van der Waals surface area contributed by atoms with E-state index in [1.807, 2.05) is 24.3 Å². The first-order valence-corrected chi connectivity index (χ1v) is 8.00. The van der Waals surface area contributed by atoms with Crippen LogP contribution < -0.4 is 10.2 Å². The number of hydrogen-bond acceptors (Lipinski definition) is 3. The summed E-state index contributed by atoms with van der Waals surface area (Å²) in [5.74, 6) is -2.70. The van der Waals surface area contributed by atoms with Gasteiger partial charge in [0.1, 0.15) is 5.92 Å². The molecule has 3 rings (SSSR count). The van der Waals surface area contributed by atoms with Gasteiger partial charge in [-0.1, -0.05) is 30.3 Å². The number of nitrogens with one attached hydrogen (secondary N) is 1. The maximum atomic E-state index is 11.8. The van der Waals surface area contributed by atoms with Crippen molar-refractivity contribution in [2.45, 2.75) is 19.9 Å². The fourth-order valence-corrected chi connectivity index (χ4v) is 2.85. The molecule has 0 radical (unpaired) electrons. The molecule has 124 valence electrons. The summed E-state index contributed by atoms with van der Waals surface area (Å²) in [6.07, 6.45) is 1.07. The van der Waals surface area contributed by atoms with Crippen molar-refractivity contribution in [3.63, 3.8) is 0 Å². The maximum absolute atomic E-state index is 11.8. The number of amides is 1. The minimum absolute atomic E-state index is 0.510. The van der Waals surface area contributed by atoms with Crippen molar-refractivity contribution in [2.75, 3.05) is 16.8 Å². The molecule has 0 saturated carbocycles. The van der Waals surface area contributed by atoms with Crippen LogP contribution in [0.3, 0.4) is 0 Å². The number of anilines is 2. The van der Waals surface area contributed by atoms with Gasteiger partial charge in [0.2, 0.25) is 5.91 Å². The quantitative estimate of drug-likeness (QED) is 0.830. The third kappa shape index (κ3) is 3.40. The van der Waals surface area contributed by atoms with E-state index in [1.54, 1.807) is 0 Å². The zero-order valence-electron chi connectivity index (χ0n) is 13.5. The van der Waals surface area contributed by atoms with Crippen molar-refractivity contribution in [1.82, 2.24) is 0 Å². The summed E-state index contributed by atoms with van der Waals surface area (Å²) in [5.41, 5.74) is 4.42. The van der Waals surface area contributed by atoms with Gasteiger partial charge in [0.05, 0.1) is 0 Å². The van der Waals surface area contributed by atoms with E-state index < -0.39 is 17.8 Å². The highest BCUT2D eigenvalue weighted by Crippen LogP contribution is 2.28. The van der Waals surface area contributed by atoms with Gasteiger partial charge in [0.15, 0.2) is 0 Å². The minimum atomic E-state index is -1.13. The van der Waals surface area contributed by atoms with Crippen LogP contribution in [-0.2, 0) is 22.6 Å². The lowest BCUT2D eigenvalue weighted by molar-refractivity contribution is -0.144. The summed E-state index contributed by atoms with van der Waals surface area (Å²) in [6.45, 7) is 3.20. The molecular weight excluding hydrogens is 304 g/mol. The Morgan fingerprint density at radius 3 is 2.58 bits per heavy atom. The topological polar surface area (TPSA) is 69.6 Å². The van der Waals surface area contributed by atoms with E-state index in [0.717, 1.165) is 25.1 Å². The van der Waals surface area contributed by atoms with Crippen molar-refractivity contribution in [3.05, 3.63) is 59.7 Å². The largest absolute Gasteiger partial charge is 0.481 e. The number of aliphatic carboxylic acids is 1. The summed E-state index contributed by atoms with van der Waals surface area (Å²) in [5, 5.41) is 11.5. The Balaban J connectivity index is 1.63. The van der Waals surface area contributed by atoms with E-state index in [-0.39, 0.29) is 0 Å². The van der Waals surface area contributed by atoms with E-state index in [9.17, 15) is 9.59 Å². The molecule has 1 unspecified atom stereocenters. The number of carboxylic acid groups (broad SMARTS) is 1. The molecule has 1 aliphatic rings. The van der Waals surface area contributed by atoms with E-state index in [2.05, 4.69) is 34.5 Å². The van der Waals surface area contributed by atoms with Crippen LogP contribution in [0.1, 0.15) is 18.1 Å². The second-order valence-electron chi connectivity index (χ2n) is 6.05. The van der Waals surface area contributed by atoms with Gasteiger partial charge in [0, 0.05) is 24.5 Å². The Kier molecular flexibility index (Phi) is 4.51. The summed E-state index contributed by atoms with van der Waals surface area (Å²) in [7, 11) is 0. The van der Waals surface area contributed by atoms with Crippen LogP contribution in [0, 0.1) is 5.92 Å². The fraction of sp³-hybridized carbons (Fsp3) is 0.263. The Morgan fingerprint density at radius 2 is 1.88 bits per heavy atom. The van der Waals surface area contributed by atoms with E-state index in [1.165, 1.54) is 18.2 Å². The zero-order chi connectivity index (χ0) is 17.1. The molecule has 1 atom stereocenters. The third-order valence-electron chi connectivity index (χ3n) is 4.34. The smallest absolute Gasteiger partial charge is 0.315 e. The number of rotatable bonds is 5. The van der Waals surface area contributed by atoms with Gasteiger partial charge < -0.3 is 15.3 Å². The highest BCUT2D eigenvalue weighted by atomic mass is 16.4. The third-order valence-corrected chi connectivity index (χ3v) is 4.34. The summed E-state index contributed by atoms with van der Waals surface area (Å²) in [4.78, 5) is 24.9. The number of benzene rings is 2. The monoisotopic (exact) mass is 324 g/mol.